The third kappa shape index (κ3) is 3.75. The Morgan fingerprint density at radius 1 is 1.14 bits per heavy atom. The Balaban J connectivity index is 3.14. The molecule has 0 radical (unpaired) electrons. The van der Waals surface area contributed by atoms with E-state index in [1.54, 1.807) is 27.7 Å². The van der Waals surface area contributed by atoms with Crippen molar-refractivity contribution >= 4 is 23.5 Å². The van der Waals surface area contributed by atoms with Gasteiger partial charge in [-0.1, -0.05) is 0 Å². The molecule has 22 heavy (non-hydrogen) atoms. The number of H-pyrrole nitrogens is 1. The molecule has 0 aliphatic carbocycles. The molecule has 0 aromatic carbocycles. The second-order valence-electron chi connectivity index (χ2n) is 4.46. The fourth-order valence-electron chi connectivity index (χ4n) is 2.00. The van der Waals surface area contributed by atoms with Crippen LogP contribution in [0.25, 0.3) is 5.76 Å². The highest BCUT2D eigenvalue weighted by molar-refractivity contribution is 6.39. The summed E-state index contributed by atoms with van der Waals surface area (Å²) in [6, 6.07) is 0. The van der Waals surface area contributed by atoms with Crippen molar-refractivity contribution < 1.29 is 29.0 Å². The molecule has 1 aromatic heterocycles. The fourth-order valence-corrected chi connectivity index (χ4v) is 2.00. The number of hydrogen-bond donors (Lipinski definition) is 2. The van der Waals surface area contributed by atoms with Crippen molar-refractivity contribution in [2.45, 2.75) is 27.7 Å². The Morgan fingerprint density at radius 2 is 1.73 bits per heavy atom. The maximum atomic E-state index is 11.8. The zero-order chi connectivity index (χ0) is 16.9. The third-order valence-corrected chi connectivity index (χ3v) is 2.92. The van der Waals surface area contributed by atoms with Crippen LogP contribution in [0.15, 0.2) is 6.08 Å². The lowest BCUT2D eigenvalue weighted by Crippen LogP contribution is -2.15. The van der Waals surface area contributed by atoms with Crippen molar-refractivity contribution in [1.29, 1.82) is 0 Å². The van der Waals surface area contributed by atoms with Gasteiger partial charge in [-0.2, -0.15) is 0 Å². The van der Waals surface area contributed by atoms with Crippen LogP contribution in [0.4, 0.5) is 0 Å². The molecule has 7 nitrogen and oxygen atoms in total. The van der Waals surface area contributed by atoms with Gasteiger partial charge in [0.15, 0.2) is 0 Å². The minimum Gasteiger partial charge on any atom is -0.507 e. The maximum Gasteiger partial charge on any atom is 0.379 e. The minimum atomic E-state index is -1.05. The van der Waals surface area contributed by atoms with Gasteiger partial charge in [-0.05, 0) is 33.3 Å². The molecule has 120 valence electrons. The van der Waals surface area contributed by atoms with E-state index in [0.717, 1.165) is 6.08 Å². The van der Waals surface area contributed by atoms with E-state index in [2.05, 4.69) is 9.72 Å². The Bertz CT molecular complexity index is 626. The number of aliphatic hydroxyl groups is 1. The topological polar surface area (TPSA) is 106 Å². The van der Waals surface area contributed by atoms with Crippen molar-refractivity contribution in [2.75, 3.05) is 13.2 Å². The highest BCUT2D eigenvalue weighted by atomic mass is 16.5. The van der Waals surface area contributed by atoms with Gasteiger partial charge in [0.05, 0.1) is 13.2 Å². The first-order valence-corrected chi connectivity index (χ1v) is 6.81. The molecule has 1 aromatic rings. The molecule has 0 saturated carbocycles. The molecule has 0 spiro atoms. The first kappa shape index (κ1) is 17.5. The number of carbonyl (C=O) groups is 3. The number of ketones is 1. The quantitative estimate of drug-likeness (QED) is 0.359. The number of aromatic amines is 1. The molecule has 0 aliphatic rings. The number of rotatable bonds is 6. The summed E-state index contributed by atoms with van der Waals surface area (Å²) in [5.74, 6) is -3.00. The standard InChI is InChI=1S/C15H19NO6/c1-5-21-14(19)11(18)7-10(17)12-8(3)13(16-9(12)4)15(20)22-6-2/h7,16-17H,5-6H2,1-4H3/b10-7-. The molecular weight excluding hydrogens is 290 g/mol. The Hall–Kier alpha value is -2.57. The van der Waals surface area contributed by atoms with Crippen LogP contribution in [0.2, 0.25) is 0 Å². The first-order chi connectivity index (χ1) is 10.3. The van der Waals surface area contributed by atoms with E-state index in [0.29, 0.717) is 11.3 Å². The van der Waals surface area contributed by atoms with Crippen LogP contribution in [-0.4, -0.2) is 41.0 Å². The van der Waals surface area contributed by atoms with Crippen LogP contribution in [0.3, 0.4) is 0 Å². The highest BCUT2D eigenvalue weighted by Gasteiger charge is 2.22. The van der Waals surface area contributed by atoms with Crippen LogP contribution < -0.4 is 0 Å². The molecule has 0 unspecified atom stereocenters. The van der Waals surface area contributed by atoms with E-state index >= 15 is 0 Å². The molecular formula is C15H19NO6. The minimum absolute atomic E-state index is 0.0639. The first-order valence-electron chi connectivity index (χ1n) is 6.81. The van der Waals surface area contributed by atoms with Crippen molar-refractivity contribution in [3.63, 3.8) is 0 Å². The van der Waals surface area contributed by atoms with Gasteiger partial charge < -0.3 is 19.6 Å². The second kappa shape index (κ2) is 7.44. The Morgan fingerprint density at radius 3 is 2.27 bits per heavy atom. The van der Waals surface area contributed by atoms with Gasteiger partial charge in [0.25, 0.3) is 5.78 Å². The summed E-state index contributed by atoms with van der Waals surface area (Å²) in [7, 11) is 0. The number of ether oxygens (including phenoxy) is 2. The summed E-state index contributed by atoms with van der Waals surface area (Å²) in [5, 5.41) is 10.1. The average Bonchev–Trinajstić information content (AvgIpc) is 2.74. The summed E-state index contributed by atoms with van der Waals surface area (Å²) >= 11 is 0. The largest absolute Gasteiger partial charge is 0.507 e. The van der Waals surface area contributed by atoms with Gasteiger partial charge in [-0.3, -0.25) is 4.79 Å². The van der Waals surface area contributed by atoms with Crippen molar-refractivity contribution in [1.82, 2.24) is 4.98 Å². The molecule has 0 amide bonds. The van der Waals surface area contributed by atoms with Crippen LogP contribution in [0.5, 0.6) is 0 Å². The average molecular weight is 309 g/mol. The molecule has 7 heteroatoms. The van der Waals surface area contributed by atoms with Gasteiger partial charge in [0.2, 0.25) is 0 Å². The maximum absolute atomic E-state index is 11.8. The molecule has 0 fully saturated rings. The molecule has 0 atom stereocenters. The zero-order valence-corrected chi connectivity index (χ0v) is 13.0. The van der Waals surface area contributed by atoms with E-state index in [1.807, 2.05) is 0 Å². The molecule has 0 aliphatic heterocycles. The number of aryl methyl sites for hydroxylation is 1. The number of esters is 2. The van der Waals surface area contributed by atoms with Crippen LogP contribution in [0.1, 0.15) is 41.2 Å². The van der Waals surface area contributed by atoms with Crippen molar-refractivity contribution in [3.05, 3.63) is 28.6 Å². The van der Waals surface area contributed by atoms with E-state index in [9.17, 15) is 19.5 Å². The second-order valence-corrected chi connectivity index (χ2v) is 4.46. The van der Waals surface area contributed by atoms with E-state index < -0.39 is 23.5 Å². The van der Waals surface area contributed by atoms with E-state index in [-0.39, 0.29) is 24.5 Å². The lowest BCUT2D eigenvalue weighted by Gasteiger charge is -2.03. The van der Waals surface area contributed by atoms with Crippen LogP contribution >= 0.6 is 0 Å². The van der Waals surface area contributed by atoms with Crippen LogP contribution in [-0.2, 0) is 19.1 Å². The number of carbonyl (C=O) groups excluding carboxylic acids is 3. The van der Waals surface area contributed by atoms with E-state index in [4.69, 9.17) is 4.74 Å². The zero-order valence-electron chi connectivity index (χ0n) is 13.0. The van der Waals surface area contributed by atoms with Gasteiger partial charge >= 0.3 is 11.9 Å². The van der Waals surface area contributed by atoms with Gasteiger partial charge in [0.1, 0.15) is 11.5 Å². The van der Waals surface area contributed by atoms with Gasteiger partial charge in [0, 0.05) is 17.3 Å². The summed E-state index contributed by atoms with van der Waals surface area (Å²) in [6.07, 6.45) is 0.774. The third-order valence-electron chi connectivity index (χ3n) is 2.92. The summed E-state index contributed by atoms with van der Waals surface area (Å²) in [5.41, 5.74) is 1.38. The Kier molecular flexibility index (Phi) is 5.91. The van der Waals surface area contributed by atoms with Crippen molar-refractivity contribution in [2.24, 2.45) is 0 Å². The van der Waals surface area contributed by atoms with Gasteiger partial charge in [-0.15, -0.1) is 0 Å². The molecule has 2 N–H and O–H groups in total. The molecule has 0 bridgehead atoms. The summed E-state index contributed by atoms with van der Waals surface area (Å²) in [6.45, 7) is 6.76. The lowest BCUT2D eigenvalue weighted by atomic mass is 10.1. The lowest BCUT2D eigenvalue weighted by molar-refractivity contribution is -0.151. The van der Waals surface area contributed by atoms with Crippen LogP contribution in [0, 0.1) is 13.8 Å². The summed E-state index contributed by atoms with van der Waals surface area (Å²) < 4.78 is 9.45. The van der Waals surface area contributed by atoms with Crippen molar-refractivity contribution in [3.8, 4) is 0 Å². The van der Waals surface area contributed by atoms with Gasteiger partial charge in [-0.25, -0.2) is 9.59 Å². The number of hydrogen-bond acceptors (Lipinski definition) is 6. The predicted molar refractivity (Wildman–Crippen MR) is 78.5 cm³/mol. The summed E-state index contributed by atoms with van der Waals surface area (Å²) in [4.78, 5) is 37.4. The monoisotopic (exact) mass is 309 g/mol. The molecule has 0 saturated heterocycles. The number of aromatic nitrogens is 1. The SMILES string of the molecule is CCOC(=O)C(=O)/C=C(\O)c1c(C)[nH]c(C(=O)OCC)c1C. The normalized spacial score (nSPS) is 11.2. The number of nitrogens with one attached hydrogen (secondary N) is 1. The fraction of sp³-hybridized carbons (Fsp3) is 0.400. The van der Waals surface area contributed by atoms with E-state index in [1.165, 1.54) is 0 Å². The molecule has 1 heterocycles. The predicted octanol–water partition coefficient (Wildman–Crippen LogP) is 1.84. The molecule has 1 rings (SSSR count). The smallest absolute Gasteiger partial charge is 0.379 e. The number of aliphatic hydroxyl groups excluding tert-OH is 1. The Labute approximate surface area is 127 Å². The highest BCUT2D eigenvalue weighted by Crippen LogP contribution is 2.24.